The van der Waals surface area contributed by atoms with Crippen molar-refractivity contribution in [3.63, 3.8) is 0 Å². The lowest BCUT2D eigenvalue weighted by atomic mass is 9.98. The molecule has 0 aliphatic carbocycles. The molecule has 0 radical (unpaired) electrons. The summed E-state index contributed by atoms with van der Waals surface area (Å²) in [5.41, 5.74) is 1.10. The Kier molecular flexibility index (Phi) is 3.87. The Morgan fingerprint density at radius 1 is 1.40 bits per heavy atom. The zero-order chi connectivity index (χ0) is 14.8. The molecule has 2 rings (SSSR count). The van der Waals surface area contributed by atoms with E-state index < -0.39 is 5.97 Å². The van der Waals surface area contributed by atoms with Gasteiger partial charge in [-0.25, -0.2) is 15.0 Å². The van der Waals surface area contributed by atoms with E-state index in [1.807, 2.05) is 25.3 Å². The lowest BCUT2D eigenvalue weighted by Crippen LogP contribution is -2.32. The highest BCUT2D eigenvalue weighted by molar-refractivity contribution is 5.83. The summed E-state index contributed by atoms with van der Waals surface area (Å²) in [6.07, 6.45) is 3.83. The normalized spacial score (nSPS) is 11.8. The molecule has 0 spiro atoms. The number of carbonyl (C=O) groups is 1. The van der Waals surface area contributed by atoms with Crippen molar-refractivity contribution in [1.29, 1.82) is 0 Å². The predicted molar refractivity (Wildman–Crippen MR) is 75.6 cm³/mol. The lowest BCUT2D eigenvalue weighted by molar-refractivity contribution is -0.137. The van der Waals surface area contributed by atoms with E-state index in [4.69, 9.17) is 5.11 Å². The molecule has 0 aromatic carbocycles. The number of hydrogen-bond acceptors (Lipinski definition) is 5. The fraction of sp³-hybridized carbons (Fsp3) is 0.538. The van der Waals surface area contributed by atoms with Crippen molar-refractivity contribution in [2.45, 2.75) is 45.7 Å². The summed E-state index contributed by atoms with van der Waals surface area (Å²) >= 11 is 0. The summed E-state index contributed by atoms with van der Waals surface area (Å²) in [5, 5.41) is 12.0. The fourth-order valence-electron chi connectivity index (χ4n) is 2.01. The van der Waals surface area contributed by atoms with Crippen LogP contribution in [0.1, 0.15) is 33.6 Å². The van der Waals surface area contributed by atoms with Gasteiger partial charge in [0.2, 0.25) is 0 Å². The molecule has 20 heavy (non-hydrogen) atoms. The van der Waals surface area contributed by atoms with Gasteiger partial charge in [-0.1, -0.05) is 0 Å². The predicted octanol–water partition coefficient (Wildman–Crippen LogP) is 1.90. The highest BCUT2D eigenvalue weighted by Crippen LogP contribution is 2.23. The second kappa shape index (κ2) is 5.44. The molecule has 2 N–H and O–H groups in total. The Bertz CT molecular complexity index is 620. The Morgan fingerprint density at radius 2 is 2.15 bits per heavy atom. The van der Waals surface area contributed by atoms with Crippen LogP contribution in [0.5, 0.6) is 0 Å². The number of nitrogens with one attached hydrogen (secondary N) is 1. The SMILES string of the molecule is CCn1cnc2c(NC(C)(C)CCC(=O)O)ncnc21. The Labute approximate surface area is 117 Å². The first-order valence-corrected chi connectivity index (χ1v) is 6.59. The Morgan fingerprint density at radius 3 is 2.80 bits per heavy atom. The maximum absolute atomic E-state index is 10.7. The van der Waals surface area contributed by atoms with E-state index in [9.17, 15) is 4.79 Å². The van der Waals surface area contributed by atoms with Gasteiger partial charge in [-0.15, -0.1) is 0 Å². The molecule has 108 valence electrons. The van der Waals surface area contributed by atoms with Crippen molar-refractivity contribution in [3.8, 4) is 0 Å². The standard InChI is InChI=1S/C13H19N5O2/c1-4-18-8-16-10-11(14-7-15-12(10)18)17-13(2,3)6-5-9(19)20/h7-8H,4-6H2,1-3H3,(H,19,20)(H,14,15,17). The van der Waals surface area contributed by atoms with Gasteiger partial charge in [-0.3, -0.25) is 4.79 Å². The second-order valence-electron chi connectivity index (χ2n) is 5.33. The molecule has 7 heteroatoms. The Hall–Kier alpha value is -2.18. The lowest BCUT2D eigenvalue weighted by Gasteiger charge is -2.26. The smallest absolute Gasteiger partial charge is 0.303 e. The minimum absolute atomic E-state index is 0.109. The third-order valence-electron chi connectivity index (χ3n) is 3.16. The van der Waals surface area contributed by atoms with Crippen molar-refractivity contribution in [1.82, 2.24) is 19.5 Å². The number of rotatable bonds is 6. The Balaban J connectivity index is 2.25. The molecule has 2 heterocycles. The van der Waals surface area contributed by atoms with Crippen LogP contribution in [-0.2, 0) is 11.3 Å². The molecule has 0 aliphatic heterocycles. The number of aliphatic carboxylic acids is 1. The summed E-state index contributed by atoms with van der Waals surface area (Å²) in [6.45, 7) is 6.70. The molecule has 0 fully saturated rings. The molecule has 0 bridgehead atoms. The molecule has 7 nitrogen and oxygen atoms in total. The highest BCUT2D eigenvalue weighted by Gasteiger charge is 2.21. The van der Waals surface area contributed by atoms with Gasteiger partial charge in [-0.2, -0.15) is 0 Å². The van der Waals surface area contributed by atoms with Gasteiger partial charge in [-0.05, 0) is 27.2 Å². The van der Waals surface area contributed by atoms with Crippen LogP contribution in [-0.4, -0.2) is 36.1 Å². The number of fused-ring (bicyclic) bond motifs is 1. The molecule has 2 aromatic rings. The van der Waals surface area contributed by atoms with E-state index in [2.05, 4.69) is 20.3 Å². The third-order valence-corrected chi connectivity index (χ3v) is 3.16. The number of hydrogen-bond donors (Lipinski definition) is 2. The molecule has 0 unspecified atom stereocenters. The van der Waals surface area contributed by atoms with Gasteiger partial charge < -0.3 is 15.0 Å². The molecule has 0 saturated carbocycles. The average molecular weight is 277 g/mol. The summed E-state index contributed by atoms with van der Waals surface area (Å²) in [4.78, 5) is 23.5. The van der Waals surface area contributed by atoms with Crippen molar-refractivity contribution in [2.24, 2.45) is 0 Å². The molecule has 0 amide bonds. The van der Waals surface area contributed by atoms with Crippen molar-refractivity contribution >= 4 is 23.0 Å². The van der Waals surface area contributed by atoms with Crippen LogP contribution in [0.25, 0.3) is 11.2 Å². The topological polar surface area (TPSA) is 92.9 Å². The number of aromatic nitrogens is 4. The van der Waals surface area contributed by atoms with Crippen molar-refractivity contribution < 1.29 is 9.90 Å². The minimum atomic E-state index is -0.803. The van der Waals surface area contributed by atoms with Crippen LogP contribution in [0.3, 0.4) is 0 Å². The number of carboxylic acid groups (broad SMARTS) is 1. The third kappa shape index (κ3) is 3.04. The van der Waals surface area contributed by atoms with Gasteiger partial charge in [0.25, 0.3) is 0 Å². The van der Waals surface area contributed by atoms with Crippen LogP contribution in [0.4, 0.5) is 5.82 Å². The number of nitrogens with zero attached hydrogens (tertiary/aromatic N) is 4. The second-order valence-corrected chi connectivity index (χ2v) is 5.33. The largest absolute Gasteiger partial charge is 0.481 e. The van der Waals surface area contributed by atoms with Gasteiger partial charge in [0.05, 0.1) is 6.33 Å². The van der Waals surface area contributed by atoms with Crippen LogP contribution in [0.2, 0.25) is 0 Å². The van der Waals surface area contributed by atoms with E-state index in [-0.39, 0.29) is 12.0 Å². The van der Waals surface area contributed by atoms with E-state index in [0.29, 0.717) is 17.8 Å². The maximum Gasteiger partial charge on any atom is 0.303 e. The van der Waals surface area contributed by atoms with Crippen LogP contribution in [0.15, 0.2) is 12.7 Å². The van der Waals surface area contributed by atoms with Crippen LogP contribution >= 0.6 is 0 Å². The van der Waals surface area contributed by atoms with Crippen molar-refractivity contribution in [3.05, 3.63) is 12.7 Å². The van der Waals surface area contributed by atoms with Gasteiger partial charge >= 0.3 is 5.97 Å². The summed E-state index contributed by atoms with van der Waals surface area (Å²) < 4.78 is 1.94. The molecule has 0 aliphatic rings. The quantitative estimate of drug-likeness (QED) is 0.837. The summed E-state index contributed by atoms with van der Waals surface area (Å²) in [6, 6.07) is 0. The number of anilines is 1. The highest BCUT2D eigenvalue weighted by atomic mass is 16.4. The first kappa shape index (κ1) is 14.2. The maximum atomic E-state index is 10.7. The average Bonchev–Trinajstić information content (AvgIpc) is 2.80. The number of carboxylic acids is 1. The molecule has 2 aromatic heterocycles. The van der Waals surface area contributed by atoms with Gasteiger partial charge in [0.15, 0.2) is 11.5 Å². The number of aryl methyl sites for hydroxylation is 1. The first-order valence-electron chi connectivity index (χ1n) is 6.59. The van der Waals surface area contributed by atoms with Crippen LogP contribution in [0, 0.1) is 0 Å². The zero-order valence-electron chi connectivity index (χ0n) is 11.9. The summed E-state index contributed by atoms with van der Waals surface area (Å²) in [7, 11) is 0. The zero-order valence-corrected chi connectivity index (χ0v) is 11.9. The molecular formula is C13H19N5O2. The minimum Gasteiger partial charge on any atom is -0.481 e. The number of imidazole rings is 1. The van der Waals surface area contributed by atoms with Crippen molar-refractivity contribution in [2.75, 3.05) is 5.32 Å². The molecular weight excluding hydrogens is 258 g/mol. The van der Waals surface area contributed by atoms with E-state index >= 15 is 0 Å². The molecule has 0 saturated heterocycles. The van der Waals surface area contributed by atoms with E-state index in [0.717, 1.165) is 12.2 Å². The van der Waals surface area contributed by atoms with E-state index in [1.54, 1.807) is 6.33 Å². The molecule has 0 atom stereocenters. The van der Waals surface area contributed by atoms with Gasteiger partial charge in [0, 0.05) is 18.5 Å². The van der Waals surface area contributed by atoms with Crippen LogP contribution < -0.4 is 5.32 Å². The fourth-order valence-corrected chi connectivity index (χ4v) is 2.01. The first-order chi connectivity index (χ1) is 9.43. The van der Waals surface area contributed by atoms with E-state index in [1.165, 1.54) is 6.33 Å². The monoisotopic (exact) mass is 277 g/mol. The van der Waals surface area contributed by atoms with Gasteiger partial charge in [0.1, 0.15) is 11.8 Å². The summed E-state index contributed by atoms with van der Waals surface area (Å²) in [5.74, 6) is -0.166.